The van der Waals surface area contributed by atoms with E-state index in [-0.39, 0.29) is 0 Å². The van der Waals surface area contributed by atoms with Crippen molar-refractivity contribution in [3.8, 4) is 6.07 Å². The SMILES string of the molecule is Cc1cc(C)c(C#N)c(NCC2CC=CCC2)n1. The Kier molecular flexibility index (Phi) is 3.99. The van der Waals surface area contributed by atoms with E-state index >= 15 is 0 Å². The fourth-order valence-corrected chi connectivity index (χ4v) is 2.39. The number of rotatable bonds is 3. The van der Waals surface area contributed by atoms with Crippen molar-refractivity contribution in [2.45, 2.75) is 33.1 Å². The lowest BCUT2D eigenvalue weighted by atomic mass is 9.94. The summed E-state index contributed by atoms with van der Waals surface area (Å²) in [5.74, 6) is 1.40. The van der Waals surface area contributed by atoms with E-state index in [1.54, 1.807) is 0 Å². The highest BCUT2D eigenvalue weighted by molar-refractivity contribution is 5.56. The molecule has 1 aliphatic carbocycles. The van der Waals surface area contributed by atoms with E-state index in [4.69, 9.17) is 0 Å². The third-order valence-corrected chi connectivity index (χ3v) is 3.39. The number of anilines is 1. The molecule has 3 heteroatoms. The van der Waals surface area contributed by atoms with Crippen molar-refractivity contribution in [2.24, 2.45) is 5.92 Å². The van der Waals surface area contributed by atoms with Crippen molar-refractivity contribution in [1.29, 1.82) is 5.26 Å². The van der Waals surface area contributed by atoms with Crippen molar-refractivity contribution in [2.75, 3.05) is 11.9 Å². The monoisotopic (exact) mass is 241 g/mol. The van der Waals surface area contributed by atoms with Gasteiger partial charge in [0, 0.05) is 12.2 Å². The van der Waals surface area contributed by atoms with E-state index in [2.05, 4.69) is 28.5 Å². The Morgan fingerprint density at radius 3 is 2.94 bits per heavy atom. The van der Waals surface area contributed by atoms with Crippen LogP contribution in [0.3, 0.4) is 0 Å². The molecule has 3 nitrogen and oxygen atoms in total. The van der Waals surface area contributed by atoms with Crippen LogP contribution in [0.2, 0.25) is 0 Å². The molecule has 0 aliphatic heterocycles. The molecule has 0 radical (unpaired) electrons. The highest BCUT2D eigenvalue weighted by Crippen LogP contribution is 2.21. The number of hydrogen-bond donors (Lipinski definition) is 1. The van der Waals surface area contributed by atoms with Gasteiger partial charge >= 0.3 is 0 Å². The number of aromatic nitrogens is 1. The second kappa shape index (κ2) is 5.68. The Morgan fingerprint density at radius 2 is 2.28 bits per heavy atom. The van der Waals surface area contributed by atoms with Gasteiger partial charge in [-0.15, -0.1) is 0 Å². The first kappa shape index (κ1) is 12.6. The summed E-state index contributed by atoms with van der Waals surface area (Å²) in [6, 6.07) is 4.19. The fourth-order valence-electron chi connectivity index (χ4n) is 2.39. The first-order valence-corrected chi connectivity index (χ1v) is 6.48. The van der Waals surface area contributed by atoms with Crippen molar-refractivity contribution in [3.05, 3.63) is 35.0 Å². The van der Waals surface area contributed by atoms with Gasteiger partial charge in [0.2, 0.25) is 0 Å². The molecule has 0 amide bonds. The second-order valence-corrected chi connectivity index (χ2v) is 4.95. The zero-order chi connectivity index (χ0) is 13.0. The van der Waals surface area contributed by atoms with Crippen molar-refractivity contribution in [3.63, 3.8) is 0 Å². The van der Waals surface area contributed by atoms with E-state index < -0.39 is 0 Å². The number of nitrogens with zero attached hydrogens (tertiary/aromatic N) is 2. The molecule has 0 fully saturated rings. The van der Waals surface area contributed by atoms with E-state index in [1.807, 2.05) is 19.9 Å². The Balaban J connectivity index is 2.09. The minimum Gasteiger partial charge on any atom is -0.369 e. The molecule has 1 atom stereocenters. The van der Waals surface area contributed by atoms with Gasteiger partial charge in [-0.1, -0.05) is 12.2 Å². The topological polar surface area (TPSA) is 48.7 Å². The van der Waals surface area contributed by atoms with Crippen LogP contribution in [0.4, 0.5) is 5.82 Å². The van der Waals surface area contributed by atoms with Crippen LogP contribution in [0, 0.1) is 31.1 Å². The third-order valence-electron chi connectivity index (χ3n) is 3.39. The number of nitrogens with one attached hydrogen (secondary N) is 1. The molecular weight excluding hydrogens is 222 g/mol. The average molecular weight is 241 g/mol. The van der Waals surface area contributed by atoms with Crippen LogP contribution in [-0.2, 0) is 0 Å². The van der Waals surface area contributed by atoms with Gasteiger partial charge in [0.05, 0.1) is 5.56 Å². The summed E-state index contributed by atoms with van der Waals surface area (Å²) in [4.78, 5) is 4.44. The van der Waals surface area contributed by atoms with Crippen LogP contribution in [0.5, 0.6) is 0 Å². The van der Waals surface area contributed by atoms with Crippen LogP contribution in [0.25, 0.3) is 0 Å². The summed E-state index contributed by atoms with van der Waals surface area (Å²) in [7, 11) is 0. The number of allylic oxidation sites excluding steroid dienone is 2. The van der Waals surface area contributed by atoms with E-state index in [1.165, 1.54) is 6.42 Å². The smallest absolute Gasteiger partial charge is 0.144 e. The maximum atomic E-state index is 9.19. The van der Waals surface area contributed by atoms with Gasteiger partial charge in [0.1, 0.15) is 11.9 Å². The molecule has 0 spiro atoms. The van der Waals surface area contributed by atoms with Crippen LogP contribution >= 0.6 is 0 Å². The summed E-state index contributed by atoms with van der Waals surface area (Å²) in [6.45, 7) is 4.82. The fraction of sp³-hybridized carbons (Fsp3) is 0.467. The van der Waals surface area contributed by atoms with E-state index in [9.17, 15) is 5.26 Å². The first-order valence-electron chi connectivity index (χ1n) is 6.48. The molecule has 1 aliphatic rings. The quantitative estimate of drug-likeness (QED) is 0.826. The molecule has 94 valence electrons. The molecule has 1 N–H and O–H groups in total. The molecule has 0 aromatic carbocycles. The lowest BCUT2D eigenvalue weighted by Crippen LogP contribution is -2.17. The molecule has 1 unspecified atom stereocenters. The molecule has 0 bridgehead atoms. The highest BCUT2D eigenvalue weighted by atomic mass is 15.0. The minimum atomic E-state index is 0.657. The molecule has 18 heavy (non-hydrogen) atoms. The Hall–Kier alpha value is -1.82. The van der Waals surface area contributed by atoms with Crippen LogP contribution in [0.15, 0.2) is 18.2 Å². The van der Waals surface area contributed by atoms with Crippen LogP contribution in [-0.4, -0.2) is 11.5 Å². The maximum absolute atomic E-state index is 9.19. The molecule has 0 saturated carbocycles. The van der Waals surface area contributed by atoms with Gasteiger partial charge in [-0.2, -0.15) is 5.26 Å². The van der Waals surface area contributed by atoms with Crippen LogP contribution < -0.4 is 5.32 Å². The predicted molar refractivity (Wildman–Crippen MR) is 73.4 cm³/mol. The van der Waals surface area contributed by atoms with Crippen LogP contribution in [0.1, 0.15) is 36.1 Å². The van der Waals surface area contributed by atoms with Gasteiger partial charge in [-0.05, 0) is 50.7 Å². The summed E-state index contributed by atoms with van der Waals surface area (Å²) < 4.78 is 0. The third kappa shape index (κ3) is 2.89. The normalized spacial score (nSPS) is 18.4. The van der Waals surface area contributed by atoms with Crippen molar-refractivity contribution >= 4 is 5.82 Å². The Labute approximate surface area is 109 Å². The van der Waals surface area contributed by atoms with E-state index in [0.717, 1.165) is 36.5 Å². The minimum absolute atomic E-state index is 0.657. The zero-order valence-electron chi connectivity index (χ0n) is 11.0. The first-order chi connectivity index (χ1) is 8.70. The van der Waals surface area contributed by atoms with Crippen molar-refractivity contribution in [1.82, 2.24) is 4.98 Å². The largest absolute Gasteiger partial charge is 0.369 e. The lowest BCUT2D eigenvalue weighted by molar-refractivity contribution is 0.503. The van der Waals surface area contributed by atoms with E-state index in [0.29, 0.717) is 11.5 Å². The van der Waals surface area contributed by atoms with Gasteiger partial charge in [-0.25, -0.2) is 4.98 Å². The highest BCUT2D eigenvalue weighted by Gasteiger charge is 2.12. The average Bonchev–Trinajstić information content (AvgIpc) is 2.37. The lowest BCUT2D eigenvalue weighted by Gasteiger charge is -2.19. The number of aryl methyl sites for hydroxylation is 2. The Morgan fingerprint density at radius 1 is 1.44 bits per heavy atom. The molecule has 1 heterocycles. The molecule has 2 rings (SSSR count). The van der Waals surface area contributed by atoms with Crippen molar-refractivity contribution < 1.29 is 0 Å². The summed E-state index contributed by atoms with van der Waals surface area (Å²) in [5, 5.41) is 12.5. The van der Waals surface area contributed by atoms with Gasteiger partial charge in [-0.3, -0.25) is 0 Å². The molecule has 1 aromatic rings. The molecule has 0 saturated heterocycles. The number of nitriles is 1. The second-order valence-electron chi connectivity index (χ2n) is 4.95. The predicted octanol–water partition coefficient (Wildman–Crippen LogP) is 3.34. The number of pyridine rings is 1. The van der Waals surface area contributed by atoms with Gasteiger partial charge in [0.15, 0.2) is 0 Å². The maximum Gasteiger partial charge on any atom is 0.144 e. The summed E-state index contributed by atoms with van der Waals surface area (Å²) in [6.07, 6.45) is 8.00. The number of hydrogen-bond acceptors (Lipinski definition) is 3. The molecule has 1 aromatic heterocycles. The summed E-state index contributed by atoms with van der Waals surface area (Å²) >= 11 is 0. The van der Waals surface area contributed by atoms with Gasteiger partial charge in [0.25, 0.3) is 0 Å². The zero-order valence-corrected chi connectivity index (χ0v) is 11.0. The Bertz CT molecular complexity index is 497. The summed E-state index contributed by atoms with van der Waals surface area (Å²) in [5.41, 5.74) is 2.63. The standard InChI is InChI=1S/C15H19N3/c1-11-8-12(2)18-15(14(11)9-16)17-10-13-6-4-3-5-7-13/h3-4,8,13H,5-7,10H2,1-2H3,(H,17,18). The molecular formula is C15H19N3. The van der Waals surface area contributed by atoms with Gasteiger partial charge < -0.3 is 5.32 Å².